The highest BCUT2D eigenvalue weighted by Crippen LogP contribution is 2.31. The van der Waals surface area contributed by atoms with E-state index >= 15 is 0 Å². The number of hydrogen-bond donors (Lipinski definition) is 1. The Morgan fingerprint density at radius 2 is 2.24 bits per heavy atom. The number of nitrogens with zero attached hydrogens (tertiary/aromatic N) is 2. The van der Waals surface area contributed by atoms with E-state index in [0.717, 1.165) is 7.11 Å². The van der Waals surface area contributed by atoms with Crippen LogP contribution in [0.5, 0.6) is 0 Å². The topological polar surface area (TPSA) is 108 Å². The van der Waals surface area contributed by atoms with Gasteiger partial charge in [0.1, 0.15) is 17.4 Å². The van der Waals surface area contributed by atoms with Gasteiger partial charge in [0, 0.05) is 0 Å². The number of hydrogen-bond acceptors (Lipinski definition) is 6. The fourth-order valence-corrected chi connectivity index (χ4v) is 1.17. The van der Waals surface area contributed by atoms with Gasteiger partial charge in [-0.25, -0.2) is 13.6 Å². The minimum atomic E-state index is -3.04. The molecule has 1 heterocycles. The van der Waals surface area contributed by atoms with E-state index in [1.54, 1.807) is 0 Å². The van der Waals surface area contributed by atoms with Crippen molar-refractivity contribution in [3.63, 3.8) is 0 Å². The van der Waals surface area contributed by atoms with Crippen molar-refractivity contribution in [2.45, 2.75) is 6.43 Å². The molecule has 0 fully saturated rings. The van der Waals surface area contributed by atoms with Gasteiger partial charge in [0.2, 0.25) is 0 Å². The molecule has 1 aromatic heterocycles. The Bertz CT molecular complexity index is 478. The summed E-state index contributed by atoms with van der Waals surface area (Å²) < 4.78 is 29.4. The number of nitrogen functional groups attached to an aromatic ring is 1. The number of rotatable bonds is 3. The Morgan fingerprint density at radius 1 is 1.65 bits per heavy atom. The lowest BCUT2D eigenvalue weighted by Crippen LogP contribution is -2.13. The van der Waals surface area contributed by atoms with Crippen LogP contribution in [-0.2, 0) is 4.74 Å². The van der Waals surface area contributed by atoms with Gasteiger partial charge in [-0.15, -0.1) is 0 Å². The number of methoxy groups -OCH3 is 1. The van der Waals surface area contributed by atoms with Crippen LogP contribution in [0.3, 0.4) is 0 Å². The van der Waals surface area contributed by atoms with Crippen molar-refractivity contribution in [1.29, 1.82) is 0 Å². The molecule has 2 N–H and O–H groups in total. The van der Waals surface area contributed by atoms with Crippen molar-refractivity contribution in [3.8, 4) is 0 Å². The van der Waals surface area contributed by atoms with Crippen LogP contribution in [0.15, 0.2) is 6.20 Å². The summed E-state index contributed by atoms with van der Waals surface area (Å²) in [6.07, 6.45) is -2.51. The van der Waals surface area contributed by atoms with E-state index in [1.165, 1.54) is 0 Å². The van der Waals surface area contributed by atoms with Gasteiger partial charge in [0.25, 0.3) is 6.43 Å². The molecular weight excluding hydrogens is 240 g/mol. The number of anilines is 1. The number of pyridine rings is 1. The summed E-state index contributed by atoms with van der Waals surface area (Å²) in [5.41, 5.74) is 2.99. The Balaban J connectivity index is 3.53. The highest BCUT2D eigenvalue weighted by atomic mass is 19.3. The second kappa shape index (κ2) is 4.68. The number of ether oxygens (including phenoxy) is 1. The predicted molar refractivity (Wildman–Crippen MR) is 51.6 cm³/mol. The van der Waals surface area contributed by atoms with Gasteiger partial charge >= 0.3 is 11.8 Å². The number of esters is 1. The minimum Gasteiger partial charge on any atom is -0.465 e. The molecule has 0 spiro atoms. The molecule has 0 aromatic carbocycles. The molecule has 17 heavy (non-hydrogen) atoms. The molecule has 0 aliphatic heterocycles. The Kier molecular flexibility index (Phi) is 3.51. The normalized spacial score (nSPS) is 10.4. The van der Waals surface area contributed by atoms with Crippen molar-refractivity contribution < 1.29 is 23.2 Å². The van der Waals surface area contributed by atoms with E-state index < -0.39 is 40.0 Å². The molecule has 9 heteroatoms. The van der Waals surface area contributed by atoms with E-state index in [9.17, 15) is 23.7 Å². The first-order valence-corrected chi connectivity index (χ1v) is 4.19. The summed E-state index contributed by atoms with van der Waals surface area (Å²) in [7, 11) is 0.948. The second-order valence-corrected chi connectivity index (χ2v) is 2.88. The number of alkyl halides is 2. The molecule has 0 amide bonds. The third kappa shape index (κ3) is 2.27. The molecule has 7 nitrogen and oxygen atoms in total. The molecule has 0 aliphatic rings. The lowest BCUT2D eigenvalue weighted by atomic mass is 10.1. The smallest absolute Gasteiger partial charge is 0.387 e. The number of nitrogens with two attached hydrogens (primary N) is 1. The standard InChI is InChI=1S/C8H7F2N3O4/c1-17-8(14)4-3(6(9)10)2-12-7(5(4)11)13(15)16/h2,6H,11H2,1H3. The van der Waals surface area contributed by atoms with Crippen LogP contribution in [0.4, 0.5) is 20.3 Å². The summed E-state index contributed by atoms with van der Waals surface area (Å²) in [4.78, 5) is 23.9. The molecule has 1 aromatic rings. The monoisotopic (exact) mass is 247 g/mol. The van der Waals surface area contributed by atoms with E-state index in [-0.39, 0.29) is 0 Å². The molecule has 0 radical (unpaired) electrons. The van der Waals surface area contributed by atoms with Crippen LogP contribution in [0.25, 0.3) is 0 Å². The Morgan fingerprint density at radius 3 is 2.65 bits per heavy atom. The maximum Gasteiger partial charge on any atom is 0.387 e. The third-order valence-electron chi connectivity index (χ3n) is 1.92. The van der Waals surface area contributed by atoms with Crippen LogP contribution in [-0.4, -0.2) is 23.0 Å². The summed E-state index contributed by atoms with van der Waals surface area (Å²) in [6.45, 7) is 0. The third-order valence-corrected chi connectivity index (χ3v) is 1.92. The molecule has 0 atom stereocenters. The van der Waals surface area contributed by atoms with Crippen LogP contribution in [0.1, 0.15) is 22.3 Å². The fourth-order valence-electron chi connectivity index (χ4n) is 1.17. The van der Waals surface area contributed by atoms with Crippen molar-refractivity contribution in [2.24, 2.45) is 0 Å². The highest BCUT2D eigenvalue weighted by molar-refractivity contribution is 5.98. The summed E-state index contributed by atoms with van der Waals surface area (Å²) >= 11 is 0. The van der Waals surface area contributed by atoms with Crippen molar-refractivity contribution in [1.82, 2.24) is 4.98 Å². The van der Waals surface area contributed by atoms with Gasteiger partial charge in [0.05, 0.1) is 12.7 Å². The highest BCUT2D eigenvalue weighted by Gasteiger charge is 2.29. The van der Waals surface area contributed by atoms with Crippen molar-refractivity contribution in [3.05, 3.63) is 27.4 Å². The zero-order valence-corrected chi connectivity index (χ0v) is 8.52. The Labute approximate surface area is 93.3 Å². The number of carbonyl (C=O) groups is 1. The number of nitro groups is 1. The molecule has 1 rings (SSSR count). The summed E-state index contributed by atoms with van der Waals surface area (Å²) in [6, 6.07) is 0. The van der Waals surface area contributed by atoms with Crippen LogP contribution >= 0.6 is 0 Å². The first kappa shape index (κ1) is 12.7. The van der Waals surface area contributed by atoms with E-state index in [0.29, 0.717) is 6.20 Å². The Hall–Kier alpha value is -2.32. The molecule has 0 unspecified atom stereocenters. The van der Waals surface area contributed by atoms with Crippen molar-refractivity contribution >= 4 is 17.5 Å². The maximum absolute atomic E-state index is 12.6. The largest absolute Gasteiger partial charge is 0.465 e. The van der Waals surface area contributed by atoms with E-state index in [2.05, 4.69) is 9.72 Å². The van der Waals surface area contributed by atoms with E-state index in [4.69, 9.17) is 5.73 Å². The number of carbonyl (C=O) groups excluding carboxylic acids is 1. The fraction of sp³-hybridized carbons (Fsp3) is 0.250. The van der Waals surface area contributed by atoms with E-state index in [1.807, 2.05) is 0 Å². The molecule has 0 bridgehead atoms. The molecule has 92 valence electrons. The first-order valence-electron chi connectivity index (χ1n) is 4.19. The average Bonchev–Trinajstić information content (AvgIpc) is 2.26. The molecule has 0 saturated carbocycles. The number of aromatic nitrogens is 1. The van der Waals surface area contributed by atoms with Crippen LogP contribution < -0.4 is 5.73 Å². The zero-order valence-electron chi connectivity index (χ0n) is 8.52. The van der Waals surface area contributed by atoms with Gasteiger partial charge in [-0.1, -0.05) is 0 Å². The van der Waals surface area contributed by atoms with Crippen LogP contribution in [0, 0.1) is 10.1 Å². The SMILES string of the molecule is COC(=O)c1c(C(F)F)cnc([N+](=O)[O-])c1N. The minimum absolute atomic E-state index is 0.533. The molecule has 0 saturated heterocycles. The summed E-state index contributed by atoms with van der Waals surface area (Å²) in [5, 5.41) is 10.5. The van der Waals surface area contributed by atoms with Crippen molar-refractivity contribution in [2.75, 3.05) is 12.8 Å². The van der Waals surface area contributed by atoms with Gasteiger partial charge in [0.15, 0.2) is 0 Å². The second-order valence-electron chi connectivity index (χ2n) is 2.88. The van der Waals surface area contributed by atoms with Crippen LogP contribution in [0.2, 0.25) is 0 Å². The lowest BCUT2D eigenvalue weighted by molar-refractivity contribution is -0.388. The summed E-state index contributed by atoms with van der Waals surface area (Å²) in [5.74, 6) is -2.04. The number of halogens is 2. The lowest BCUT2D eigenvalue weighted by Gasteiger charge is -2.08. The van der Waals surface area contributed by atoms with Gasteiger partial charge in [-0.2, -0.15) is 0 Å². The predicted octanol–water partition coefficient (Wildman–Crippen LogP) is 1.30. The van der Waals surface area contributed by atoms with Gasteiger partial charge < -0.3 is 20.6 Å². The first-order chi connectivity index (χ1) is 7.90. The average molecular weight is 247 g/mol. The molecule has 0 aliphatic carbocycles. The van der Waals surface area contributed by atoms with Gasteiger partial charge in [-0.3, -0.25) is 0 Å². The maximum atomic E-state index is 12.6. The zero-order chi connectivity index (χ0) is 13.2. The molecular formula is C8H7F2N3O4. The van der Waals surface area contributed by atoms with Gasteiger partial charge in [-0.05, 0) is 9.91 Å². The quantitative estimate of drug-likeness (QED) is 0.489.